The molecule has 0 aromatic carbocycles. The number of amides is 3. The van der Waals surface area contributed by atoms with Crippen LogP contribution in [0.4, 0.5) is 0 Å². The first-order chi connectivity index (χ1) is 26.1. The van der Waals surface area contributed by atoms with Crippen molar-refractivity contribution in [3.05, 3.63) is 0 Å². The number of carboxylic acids is 2. The molecule has 0 bridgehead atoms. The van der Waals surface area contributed by atoms with Gasteiger partial charge in [0.1, 0.15) is 11.8 Å². The molecule has 0 spiro atoms. The van der Waals surface area contributed by atoms with Crippen LogP contribution in [0.1, 0.15) is 161 Å². The molecule has 3 amide bonds. The van der Waals surface area contributed by atoms with Crippen LogP contribution in [0.15, 0.2) is 0 Å². The maximum Gasteiger partial charge on any atom is 0.326 e. The van der Waals surface area contributed by atoms with Crippen molar-refractivity contribution in [2.24, 2.45) is 0 Å². The molecule has 0 heterocycles. The van der Waals surface area contributed by atoms with Crippen molar-refractivity contribution in [1.82, 2.24) is 16.0 Å². The number of Topliss-reactive ketones (excluding diaryl/α,β-unsaturated/α-hetero) is 1. The predicted molar refractivity (Wildman–Crippen MR) is 207 cm³/mol. The number of hydrogen-bond donors (Lipinski definition) is 5. The van der Waals surface area contributed by atoms with Crippen molar-refractivity contribution in [3.63, 3.8) is 0 Å². The van der Waals surface area contributed by atoms with Gasteiger partial charge >= 0.3 is 11.9 Å². The largest absolute Gasteiger partial charge is 0.481 e. The number of ketones is 1. The topological polar surface area (TPSA) is 207 Å². The first-order valence-electron chi connectivity index (χ1n) is 20.6. The third-order valence-corrected chi connectivity index (χ3v) is 8.86. The maximum atomic E-state index is 12.0. The Morgan fingerprint density at radius 1 is 0.444 bits per heavy atom. The number of carboxylic acid groups (broad SMARTS) is 2. The summed E-state index contributed by atoms with van der Waals surface area (Å²) in [4.78, 5) is 68.7. The standard InChI is InChI=1S/C40H73N3O11/c1-34(44)22-23-35(40(50)51)43-38(47)25-24-37(46)42-27-19-29-53-31-33-54-32-30-52-28-18-26-41-36(45)20-16-14-12-10-8-6-4-2-3-5-7-9-11-13-15-17-21-39(48)49/h35H,2-33H2,1H3,(H,41,45)(H,42,46)(H,43,47)(H,48,49)(H,50,51)/t35-/m0/s1. The lowest BCUT2D eigenvalue weighted by Crippen LogP contribution is -2.41. The van der Waals surface area contributed by atoms with Crippen LogP contribution in [-0.2, 0) is 43.0 Å². The molecule has 0 aliphatic rings. The van der Waals surface area contributed by atoms with Crippen molar-refractivity contribution in [2.75, 3.05) is 52.7 Å². The number of carbonyl (C=O) groups is 6. The predicted octanol–water partition coefficient (Wildman–Crippen LogP) is 5.87. The van der Waals surface area contributed by atoms with Gasteiger partial charge in [-0.25, -0.2) is 4.79 Å². The molecular formula is C40H73N3O11. The number of carbonyl (C=O) groups excluding carboxylic acids is 4. The van der Waals surface area contributed by atoms with Crippen LogP contribution < -0.4 is 16.0 Å². The highest BCUT2D eigenvalue weighted by Gasteiger charge is 2.20. The number of rotatable bonds is 41. The Hall–Kier alpha value is -3.10. The van der Waals surface area contributed by atoms with Crippen molar-refractivity contribution in [1.29, 1.82) is 0 Å². The quantitative estimate of drug-likeness (QED) is 0.0465. The Kier molecular flexibility index (Phi) is 36.0. The average Bonchev–Trinajstić information content (AvgIpc) is 3.13. The van der Waals surface area contributed by atoms with Crippen LogP contribution >= 0.6 is 0 Å². The highest BCUT2D eigenvalue weighted by atomic mass is 16.5. The molecule has 14 nitrogen and oxygen atoms in total. The molecule has 0 saturated carbocycles. The zero-order chi connectivity index (χ0) is 39.9. The summed E-state index contributed by atoms with van der Waals surface area (Å²) in [6.45, 7) is 5.09. The summed E-state index contributed by atoms with van der Waals surface area (Å²) in [6, 6.07) is -1.15. The lowest BCUT2D eigenvalue weighted by molar-refractivity contribution is -0.142. The SMILES string of the molecule is CC(=O)CC[C@H](NC(=O)CCC(=O)NCCCOCCOCCOCCCNC(=O)CCCCCCCCCCCCCCCCCCC(=O)O)C(=O)O. The Balaban J connectivity index is 3.37. The second-order valence-electron chi connectivity index (χ2n) is 14.0. The molecule has 1 atom stereocenters. The minimum atomic E-state index is -1.22. The Labute approximate surface area is 324 Å². The van der Waals surface area contributed by atoms with Gasteiger partial charge < -0.3 is 45.2 Å². The third-order valence-electron chi connectivity index (χ3n) is 8.86. The lowest BCUT2D eigenvalue weighted by atomic mass is 10.0. The molecule has 0 unspecified atom stereocenters. The number of hydrogen-bond acceptors (Lipinski definition) is 9. The highest BCUT2D eigenvalue weighted by Crippen LogP contribution is 2.14. The fourth-order valence-electron chi connectivity index (χ4n) is 5.66. The third kappa shape index (κ3) is 38.6. The van der Waals surface area contributed by atoms with Gasteiger partial charge in [0, 0.05) is 58.4 Å². The van der Waals surface area contributed by atoms with Crippen LogP contribution in [0.25, 0.3) is 0 Å². The molecule has 0 aromatic heterocycles. The molecule has 14 heteroatoms. The number of unbranched alkanes of at least 4 members (excludes halogenated alkanes) is 15. The number of nitrogens with one attached hydrogen (secondary N) is 3. The van der Waals surface area contributed by atoms with E-state index in [1.165, 1.54) is 77.6 Å². The van der Waals surface area contributed by atoms with Gasteiger partial charge in [0.25, 0.3) is 0 Å². The highest BCUT2D eigenvalue weighted by molar-refractivity contribution is 5.87. The summed E-state index contributed by atoms with van der Waals surface area (Å²) in [6.07, 6.45) is 21.2. The zero-order valence-electron chi connectivity index (χ0n) is 33.3. The number of aliphatic carboxylic acids is 2. The smallest absolute Gasteiger partial charge is 0.326 e. The molecule has 5 N–H and O–H groups in total. The first kappa shape index (κ1) is 50.9. The van der Waals surface area contributed by atoms with E-state index in [0.29, 0.717) is 72.0 Å². The van der Waals surface area contributed by atoms with Crippen LogP contribution in [0, 0.1) is 0 Å². The van der Waals surface area contributed by atoms with Gasteiger partial charge in [-0.1, -0.05) is 89.9 Å². The molecular weight excluding hydrogens is 698 g/mol. The van der Waals surface area contributed by atoms with Crippen molar-refractivity contribution in [2.45, 2.75) is 167 Å². The summed E-state index contributed by atoms with van der Waals surface area (Å²) in [5.41, 5.74) is 0. The van der Waals surface area contributed by atoms with Crippen molar-refractivity contribution < 1.29 is 53.2 Å². The van der Waals surface area contributed by atoms with E-state index in [-0.39, 0.29) is 43.3 Å². The first-order valence-corrected chi connectivity index (χ1v) is 20.6. The molecule has 0 rings (SSSR count). The zero-order valence-corrected chi connectivity index (χ0v) is 33.3. The van der Waals surface area contributed by atoms with Gasteiger partial charge in [0.15, 0.2) is 0 Å². The molecule has 0 fully saturated rings. The second-order valence-corrected chi connectivity index (χ2v) is 14.0. The Bertz CT molecular complexity index is 996. The van der Waals surface area contributed by atoms with Gasteiger partial charge in [-0.15, -0.1) is 0 Å². The normalized spacial score (nSPS) is 11.6. The van der Waals surface area contributed by atoms with Crippen molar-refractivity contribution >= 4 is 35.4 Å². The summed E-state index contributed by atoms with van der Waals surface area (Å²) in [5, 5.41) is 25.8. The van der Waals surface area contributed by atoms with Crippen LogP contribution in [0.2, 0.25) is 0 Å². The maximum absolute atomic E-state index is 12.0. The minimum Gasteiger partial charge on any atom is -0.481 e. The van der Waals surface area contributed by atoms with Crippen LogP contribution in [0.5, 0.6) is 0 Å². The summed E-state index contributed by atoms with van der Waals surface area (Å²) >= 11 is 0. The van der Waals surface area contributed by atoms with Gasteiger partial charge in [-0.3, -0.25) is 19.2 Å². The minimum absolute atomic E-state index is 0.0118. The van der Waals surface area contributed by atoms with Crippen LogP contribution in [0.3, 0.4) is 0 Å². The number of ether oxygens (including phenoxy) is 3. The molecule has 0 aliphatic carbocycles. The van der Waals surface area contributed by atoms with E-state index in [1.807, 2.05) is 0 Å². The van der Waals surface area contributed by atoms with Gasteiger partial charge in [0.2, 0.25) is 17.7 Å². The van der Waals surface area contributed by atoms with Crippen molar-refractivity contribution in [3.8, 4) is 0 Å². The van der Waals surface area contributed by atoms with Gasteiger partial charge in [-0.05, 0) is 39.0 Å². The van der Waals surface area contributed by atoms with E-state index < -0.39 is 23.9 Å². The molecule has 54 heavy (non-hydrogen) atoms. The van der Waals surface area contributed by atoms with Gasteiger partial charge in [0.05, 0.1) is 26.4 Å². The average molecular weight is 772 g/mol. The molecule has 0 aliphatic heterocycles. The van der Waals surface area contributed by atoms with Gasteiger partial charge in [-0.2, -0.15) is 0 Å². The molecule has 0 aromatic rings. The Morgan fingerprint density at radius 3 is 1.22 bits per heavy atom. The Morgan fingerprint density at radius 2 is 0.815 bits per heavy atom. The van der Waals surface area contributed by atoms with E-state index in [9.17, 15) is 28.8 Å². The van der Waals surface area contributed by atoms with E-state index in [4.69, 9.17) is 24.4 Å². The summed E-state index contributed by atoms with van der Waals surface area (Å²) in [5.74, 6) is -2.82. The fourth-order valence-corrected chi connectivity index (χ4v) is 5.66. The van der Waals surface area contributed by atoms with E-state index in [2.05, 4.69) is 16.0 Å². The summed E-state index contributed by atoms with van der Waals surface area (Å²) < 4.78 is 16.5. The van der Waals surface area contributed by atoms with E-state index in [1.54, 1.807) is 0 Å². The van der Waals surface area contributed by atoms with E-state index >= 15 is 0 Å². The summed E-state index contributed by atoms with van der Waals surface area (Å²) in [7, 11) is 0. The van der Waals surface area contributed by atoms with Crippen LogP contribution in [-0.4, -0.2) is 104 Å². The van der Waals surface area contributed by atoms with E-state index in [0.717, 1.165) is 38.5 Å². The lowest BCUT2D eigenvalue weighted by Gasteiger charge is -2.13. The molecule has 314 valence electrons. The molecule has 0 saturated heterocycles. The monoisotopic (exact) mass is 772 g/mol. The second kappa shape index (κ2) is 38.2. The molecule has 0 radical (unpaired) electrons. The fraction of sp³-hybridized carbons (Fsp3) is 0.850.